The maximum Gasteiger partial charge on any atom is 0.135 e. The molecule has 8 aromatic carbocycles. The first-order chi connectivity index (χ1) is 30.2. The van der Waals surface area contributed by atoms with Crippen LogP contribution in [-0.2, 0) is 20.4 Å². The first kappa shape index (κ1) is 37.7. The van der Waals surface area contributed by atoms with Crippen molar-refractivity contribution in [1.82, 2.24) is 9.55 Å². The molecule has 0 N–H and O–H groups in total. The largest absolute Gasteiger partial charge is 0.509 e. The number of hydrogen-bond acceptors (Lipinski definition) is 4. The number of para-hydroxylation sites is 2. The number of aromatic nitrogens is 2. The summed E-state index contributed by atoms with van der Waals surface area (Å²) < 4.78 is 8.90. The van der Waals surface area contributed by atoms with E-state index in [4.69, 9.17) is 9.72 Å². The number of benzene rings is 8. The predicted octanol–water partition coefficient (Wildman–Crippen LogP) is 13.8. The van der Waals surface area contributed by atoms with Crippen molar-refractivity contribution in [3.63, 3.8) is 0 Å². The van der Waals surface area contributed by atoms with Gasteiger partial charge in [-0.25, -0.2) is 4.98 Å². The van der Waals surface area contributed by atoms with Gasteiger partial charge in [-0.05, 0) is 93.2 Å². The van der Waals surface area contributed by atoms with Crippen molar-refractivity contribution < 1.29 is 25.2 Å². The summed E-state index contributed by atoms with van der Waals surface area (Å²) in [6.45, 7) is 2.17. The van der Waals surface area contributed by atoms with E-state index in [9.17, 15) is 0 Å². The summed E-state index contributed by atoms with van der Waals surface area (Å²) in [6.07, 6.45) is 1.82. The van der Waals surface area contributed by atoms with Crippen LogP contribution >= 0.6 is 0 Å². The average molecular weight is 888 g/mol. The molecule has 0 spiro atoms. The molecule has 0 saturated heterocycles. The number of ether oxygens (including phenoxy) is 1. The molecule has 300 valence electrons. The van der Waals surface area contributed by atoms with Crippen LogP contribution in [0, 0.1) is 18.8 Å². The van der Waals surface area contributed by atoms with Gasteiger partial charge in [0.25, 0.3) is 0 Å². The second kappa shape index (κ2) is 15.3. The van der Waals surface area contributed by atoms with E-state index in [0.717, 1.165) is 50.2 Å². The molecule has 2 aliphatic rings. The normalized spacial score (nSPS) is 13.8. The zero-order chi connectivity index (χ0) is 40.4. The Morgan fingerprint density at radius 2 is 1.24 bits per heavy atom. The minimum atomic E-state index is -0.116. The maximum absolute atomic E-state index is 6.75. The third kappa shape index (κ3) is 6.14. The van der Waals surface area contributed by atoms with E-state index < -0.39 is 0 Å². The van der Waals surface area contributed by atoms with Crippen LogP contribution < -0.4 is 14.5 Å². The molecule has 0 aliphatic carbocycles. The Balaban J connectivity index is 0.00000432. The topological polar surface area (TPSA) is 33.5 Å². The van der Waals surface area contributed by atoms with Gasteiger partial charge in [-0.2, -0.15) is 18.8 Å². The van der Waals surface area contributed by atoms with E-state index >= 15 is 0 Å². The van der Waals surface area contributed by atoms with E-state index in [1.54, 1.807) is 0 Å². The summed E-state index contributed by atoms with van der Waals surface area (Å²) in [4.78, 5) is 9.21. The van der Waals surface area contributed by atoms with Crippen LogP contribution in [0.5, 0.6) is 11.5 Å². The fraction of sp³-hybridized carbons (Fsp3) is 0.0357. The maximum atomic E-state index is 6.75. The zero-order valence-corrected chi connectivity index (χ0v) is 35.2. The number of fused-ring (bicyclic) bond motifs is 5. The zero-order valence-electron chi connectivity index (χ0n) is 33.6. The van der Waals surface area contributed by atoms with Crippen LogP contribution in [-0.4, -0.2) is 16.6 Å². The van der Waals surface area contributed by atoms with Gasteiger partial charge in [-0.3, -0.25) is 0 Å². The van der Waals surface area contributed by atoms with Gasteiger partial charge in [0, 0.05) is 55.0 Å². The molecule has 0 fully saturated rings. The molecule has 12 rings (SSSR count). The Morgan fingerprint density at radius 3 is 2.06 bits per heavy atom. The number of anilines is 3. The SMILES string of the molecule is CN1[CH-]N2c3[c-]c(Oc4[c-]c5c(cc4)c4ccccc4n5-c4ccccn4)ccc3C(c3c(-c4ccccc4)cccc3-c3cccc(-c4ccccc4)c3)c3cccc1c32.[Pd]. The van der Waals surface area contributed by atoms with Crippen LogP contribution in [0.15, 0.2) is 194 Å². The number of rotatable bonds is 7. The number of nitrogens with zero attached hydrogens (tertiary/aromatic N) is 4. The smallest absolute Gasteiger partial charge is 0.135 e. The molecular weight excluding hydrogens is 851 g/mol. The molecule has 4 heterocycles. The van der Waals surface area contributed by atoms with Crippen LogP contribution in [0.4, 0.5) is 17.1 Å². The van der Waals surface area contributed by atoms with Crippen molar-refractivity contribution in [3.05, 3.63) is 230 Å². The third-order valence-electron chi connectivity index (χ3n) is 12.2. The minimum Gasteiger partial charge on any atom is -0.509 e. The van der Waals surface area contributed by atoms with Gasteiger partial charge < -0.3 is 19.1 Å². The van der Waals surface area contributed by atoms with Crippen molar-refractivity contribution in [2.75, 3.05) is 16.8 Å². The molecule has 0 amide bonds. The quantitative estimate of drug-likeness (QED) is 0.118. The van der Waals surface area contributed by atoms with Gasteiger partial charge in [-0.1, -0.05) is 145 Å². The summed E-state index contributed by atoms with van der Waals surface area (Å²) >= 11 is 0. The van der Waals surface area contributed by atoms with Crippen molar-refractivity contribution in [1.29, 1.82) is 0 Å². The molecule has 5 nitrogen and oxygen atoms in total. The van der Waals surface area contributed by atoms with E-state index in [1.165, 1.54) is 44.5 Å². The van der Waals surface area contributed by atoms with Gasteiger partial charge in [0.2, 0.25) is 0 Å². The minimum absolute atomic E-state index is 0. The molecule has 2 aliphatic heterocycles. The molecule has 0 radical (unpaired) electrons. The second-order valence-corrected chi connectivity index (χ2v) is 15.7. The summed E-state index contributed by atoms with van der Waals surface area (Å²) in [7, 11) is 2.12. The average Bonchev–Trinajstić information content (AvgIpc) is 3.84. The summed E-state index contributed by atoms with van der Waals surface area (Å²) in [5.41, 5.74) is 16.0. The fourth-order valence-corrected chi connectivity index (χ4v) is 9.51. The van der Waals surface area contributed by atoms with Crippen molar-refractivity contribution in [2.45, 2.75) is 5.92 Å². The molecule has 1 unspecified atom stereocenters. The number of pyridine rings is 1. The van der Waals surface area contributed by atoms with Crippen molar-refractivity contribution in [3.8, 4) is 50.7 Å². The molecule has 0 bridgehead atoms. The Kier molecular flexibility index (Phi) is 9.35. The first-order valence-electron chi connectivity index (χ1n) is 20.6. The molecule has 6 heteroatoms. The third-order valence-corrected chi connectivity index (χ3v) is 12.2. The standard InChI is InChI=1S/C56H37N4O.Pd/c1-58-36-59-51-34-41(61-42-28-30-46-45-21-8-9-25-49(45)60(52(46)35-42)53-27-10-11-32-57-53)29-31-47(51)55(48-24-14-26-50(58)56(48)59)54-43(38-17-6-3-7-18-38)22-13-23-44(54)40-20-12-19-39(33-40)37-15-4-2-5-16-37;/h2-33,36,55H,1H3;/q-3;. The molecule has 10 aromatic rings. The fourth-order valence-electron chi connectivity index (χ4n) is 9.51. The Labute approximate surface area is 374 Å². The van der Waals surface area contributed by atoms with Gasteiger partial charge >= 0.3 is 0 Å². The van der Waals surface area contributed by atoms with Gasteiger partial charge in [0.05, 0.1) is 0 Å². The Hall–Kier alpha value is -7.23. The molecule has 2 aromatic heterocycles. The first-order valence-corrected chi connectivity index (χ1v) is 20.6. The molecule has 62 heavy (non-hydrogen) atoms. The summed E-state index contributed by atoms with van der Waals surface area (Å²) in [5.74, 6) is 1.94. The van der Waals surface area contributed by atoms with Crippen LogP contribution in [0.2, 0.25) is 0 Å². The van der Waals surface area contributed by atoms with Gasteiger partial charge in [0.1, 0.15) is 5.82 Å². The molecule has 0 saturated carbocycles. The van der Waals surface area contributed by atoms with Crippen LogP contribution in [0.25, 0.3) is 61.0 Å². The van der Waals surface area contributed by atoms with E-state index in [-0.39, 0.29) is 26.3 Å². The van der Waals surface area contributed by atoms with E-state index in [1.807, 2.05) is 30.5 Å². The monoisotopic (exact) mass is 887 g/mol. The second-order valence-electron chi connectivity index (χ2n) is 15.7. The molecule has 1 atom stereocenters. The van der Waals surface area contributed by atoms with Gasteiger partial charge in [0.15, 0.2) is 0 Å². The van der Waals surface area contributed by atoms with Crippen molar-refractivity contribution in [2.24, 2.45) is 0 Å². The van der Waals surface area contributed by atoms with E-state index in [2.05, 4.69) is 204 Å². The Bertz CT molecular complexity index is 3290. The molecular formula is C56H37N4OPd-3. The Morgan fingerprint density at radius 1 is 0.565 bits per heavy atom. The van der Waals surface area contributed by atoms with Crippen molar-refractivity contribution >= 4 is 38.9 Å². The number of hydrogen-bond donors (Lipinski definition) is 0. The van der Waals surface area contributed by atoms with Gasteiger partial charge in [-0.15, -0.1) is 35.2 Å². The van der Waals surface area contributed by atoms with Crippen LogP contribution in [0.3, 0.4) is 0 Å². The predicted molar refractivity (Wildman–Crippen MR) is 248 cm³/mol. The van der Waals surface area contributed by atoms with Crippen LogP contribution in [0.1, 0.15) is 22.6 Å². The van der Waals surface area contributed by atoms with E-state index in [0.29, 0.717) is 11.5 Å². The summed E-state index contributed by atoms with van der Waals surface area (Å²) in [5, 5.41) is 2.23. The summed E-state index contributed by atoms with van der Waals surface area (Å²) in [6, 6.07) is 74.1.